The maximum absolute atomic E-state index is 5.77. The molecule has 0 saturated carbocycles. The Hall–Kier alpha value is -0.980. The average molecular weight is 389 g/mol. The van der Waals surface area contributed by atoms with Crippen LogP contribution in [0.15, 0.2) is 35.7 Å². The van der Waals surface area contributed by atoms with Gasteiger partial charge in [0.1, 0.15) is 13.2 Å². The highest BCUT2D eigenvalue weighted by Gasteiger charge is 2.26. The Morgan fingerprint density at radius 1 is 1.00 bits per heavy atom. The molecule has 1 saturated heterocycles. The molecule has 0 aliphatic carbocycles. The number of ether oxygens (including phenoxy) is 2. The normalized spacial score (nSPS) is 18.2. The predicted molar refractivity (Wildman–Crippen MR) is 103 cm³/mol. The Morgan fingerprint density at radius 2 is 1.75 bits per heavy atom. The van der Waals surface area contributed by atoms with Crippen LogP contribution in [0.5, 0.6) is 11.5 Å². The summed E-state index contributed by atoms with van der Waals surface area (Å²) < 4.78 is 11.4. The molecule has 0 bridgehead atoms. The molecule has 1 N–H and O–H groups in total. The Morgan fingerprint density at radius 3 is 2.46 bits per heavy atom. The van der Waals surface area contributed by atoms with Gasteiger partial charge in [0.05, 0.1) is 6.04 Å². The molecule has 0 amide bonds. The second-order valence-corrected chi connectivity index (χ2v) is 6.59. The van der Waals surface area contributed by atoms with Gasteiger partial charge in [-0.15, -0.1) is 36.2 Å². The van der Waals surface area contributed by atoms with E-state index in [1.165, 1.54) is 10.4 Å². The summed E-state index contributed by atoms with van der Waals surface area (Å²) in [7, 11) is 0. The van der Waals surface area contributed by atoms with Gasteiger partial charge in [-0.25, -0.2) is 0 Å². The van der Waals surface area contributed by atoms with E-state index in [9.17, 15) is 0 Å². The summed E-state index contributed by atoms with van der Waals surface area (Å²) in [5.74, 6) is 1.74. The zero-order valence-corrected chi connectivity index (χ0v) is 15.7. The van der Waals surface area contributed by atoms with E-state index in [4.69, 9.17) is 9.47 Å². The smallest absolute Gasteiger partial charge is 0.161 e. The van der Waals surface area contributed by atoms with Crippen molar-refractivity contribution in [2.75, 3.05) is 39.4 Å². The quantitative estimate of drug-likeness (QED) is 0.873. The second-order valence-electron chi connectivity index (χ2n) is 5.61. The summed E-state index contributed by atoms with van der Waals surface area (Å²) >= 11 is 1.82. The molecule has 2 aromatic rings. The number of fused-ring (bicyclic) bond motifs is 1. The van der Waals surface area contributed by atoms with Crippen LogP contribution in [0.2, 0.25) is 0 Å². The van der Waals surface area contributed by atoms with Crippen LogP contribution in [0.4, 0.5) is 0 Å². The molecule has 7 heteroatoms. The van der Waals surface area contributed by atoms with Crippen molar-refractivity contribution in [2.24, 2.45) is 0 Å². The minimum absolute atomic E-state index is 0. The summed E-state index contributed by atoms with van der Waals surface area (Å²) in [6.07, 6.45) is 0. The van der Waals surface area contributed by atoms with Crippen molar-refractivity contribution in [3.8, 4) is 11.5 Å². The van der Waals surface area contributed by atoms with E-state index in [-0.39, 0.29) is 24.8 Å². The SMILES string of the molecule is Cl.Cl.c1csc([C@H](c2ccc3c(c2)OCCO3)N2CCNCC2)c1. The number of rotatable bonds is 3. The van der Waals surface area contributed by atoms with Gasteiger partial charge in [0.15, 0.2) is 11.5 Å². The van der Waals surface area contributed by atoms with Gasteiger partial charge in [0.2, 0.25) is 0 Å². The Balaban J connectivity index is 0.00000104. The molecule has 4 rings (SSSR count). The molecule has 3 heterocycles. The van der Waals surface area contributed by atoms with E-state index in [0.29, 0.717) is 19.3 Å². The van der Waals surface area contributed by atoms with Crippen LogP contribution in [0, 0.1) is 0 Å². The fourth-order valence-electron chi connectivity index (χ4n) is 3.17. The Kier molecular flexibility index (Phi) is 7.19. The van der Waals surface area contributed by atoms with Gasteiger partial charge in [-0.3, -0.25) is 4.90 Å². The minimum Gasteiger partial charge on any atom is -0.486 e. The molecular weight excluding hydrogens is 367 g/mol. The standard InChI is InChI=1S/C17H20N2O2S.2ClH/c1-2-16(22-11-1)17(19-7-5-18-6-8-19)13-3-4-14-15(12-13)21-10-9-20-14;;/h1-4,11-12,17-18H,5-10H2;2*1H/t17-;;/m0../s1. The number of benzene rings is 1. The van der Waals surface area contributed by atoms with Gasteiger partial charge in [0.25, 0.3) is 0 Å². The highest BCUT2D eigenvalue weighted by Crippen LogP contribution is 2.38. The molecule has 1 aromatic heterocycles. The van der Waals surface area contributed by atoms with Crippen LogP contribution in [0.1, 0.15) is 16.5 Å². The summed E-state index contributed by atoms with van der Waals surface area (Å²) in [5, 5.41) is 5.59. The van der Waals surface area contributed by atoms with Gasteiger partial charge in [-0.1, -0.05) is 12.1 Å². The maximum Gasteiger partial charge on any atom is 0.161 e. The fourth-order valence-corrected chi connectivity index (χ4v) is 4.06. The highest BCUT2D eigenvalue weighted by atomic mass is 35.5. The lowest BCUT2D eigenvalue weighted by Gasteiger charge is -2.35. The second kappa shape index (κ2) is 8.92. The lowest BCUT2D eigenvalue weighted by atomic mass is 10.0. The van der Waals surface area contributed by atoms with Gasteiger partial charge in [-0.05, 0) is 29.1 Å². The molecule has 2 aliphatic rings. The van der Waals surface area contributed by atoms with Crippen LogP contribution in [0.25, 0.3) is 0 Å². The molecule has 1 atom stereocenters. The summed E-state index contributed by atoms with van der Waals surface area (Å²) in [5.41, 5.74) is 1.29. The molecule has 24 heavy (non-hydrogen) atoms. The van der Waals surface area contributed by atoms with E-state index in [1.807, 2.05) is 17.4 Å². The molecule has 0 unspecified atom stereocenters. The summed E-state index contributed by atoms with van der Waals surface area (Å²) in [6, 6.07) is 11.0. The summed E-state index contributed by atoms with van der Waals surface area (Å²) in [4.78, 5) is 3.94. The van der Waals surface area contributed by atoms with Crippen molar-refractivity contribution in [3.05, 3.63) is 46.2 Å². The number of hydrogen-bond donors (Lipinski definition) is 1. The van der Waals surface area contributed by atoms with Crippen molar-refractivity contribution < 1.29 is 9.47 Å². The van der Waals surface area contributed by atoms with E-state index in [2.05, 4.69) is 39.9 Å². The van der Waals surface area contributed by atoms with Gasteiger partial charge < -0.3 is 14.8 Å². The summed E-state index contributed by atoms with van der Waals surface area (Å²) in [6.45, 7) is 5.50. The van der Waals surface area contributed by atoms with Gasteiger partial charge >= 0.3 is 0 Å². The van der Waals surface area contributed by atoms with Gasteiger partial charge in [-0.2, -0.15) is 0 Å². The fraction of sp³-hybridized carbons (Fsp3) is 0.412. The van der Waals surface area contributed by atoms with Crippen molar-refractivity contribution in [2.45, 2.75) is 6.04 Å². The molecule has 2 aliphatic heterocycles. The van der Waals surface area contributed by atoms with Gasteiger partial charge in [0, 0.05) is 31.1 Å². The van der Waals surface area contributed by atoms with E-state index in [0.717, 1.165) is 37.7 Å². The Bertz CT molecular complexity index is 634. The zero-order valence-electron chi connectivity index (χ0n) is 13.3. The molecule has 0 spiro atoms. The molecular formula is C17H22Cl2N2O2S. The lowest BCUT2D eigenvalue weighted by Crippen LogP contribution is -2.45. The zero-order chi connectivity index (χ0) is 14.8. The largest absolute Gasteiger partial charge is 0.486 e. The van der Waals surface area contributed by atoms with E-state index < -0.39 is 0 Å². The first kappa shape index (κ1) is 19.3. The van der Waals surface area contributed by atoms with Crippen molar-refractivity contribution in [3.63, 3.8) is 0 Å². The first-order valence-electron chi connectivity index (χ1n) is 7.79. The molecule has 0 radical (unpaired) electrons. The number of piperazine rings is 1. The highest BCUT2D eigenvalue weighted by molar-refractivity contribution is 7.10. The first-order valence-corrected chi connectivity index (χ1v) is 8.67. The molecule has 1 aromatic carbocycles. The average Bonchev–Trinajstić information content (AvgIpc) is 3.10. The minimum atomic E-state index is 0. The predicted octanol–water partition coefficient (Wildman–Crippen LogP) is 3.36. The van der Waals surface area contributed by atoms with E-state index in [1.54, 1.807) is 0 Å². The number of halogens is 2. The van der Waals surface area contributed by atoms with E-state index >= 15 is 0 Å². The number of nitrogens with zero attached hydrogens (tertiary/aromatic N) is 1. The maximum atomic E-state index is 5.77. The van der Waals surface area contributed by atoms with Crippen LogP contribution in [-0.2, 0) is 0 Å². The molecule has 1 fully saturated rings. The van der Waals surface area contributed by atoms with Crippen LogP contribution < -0.4 is 14.8 Å². The Labute approximate surface area is 159 Å². The molecule has 132 valence electrons. The number of thiophene rings is 1. The third kappa shape index (κ3) is 3.98. The topological polar surface area (TPSA) is 33.7 Å². The number of nitrogens with one attached hydrogen (secondary N) is 1. The first-order chi connectivity index (χ1) is 10.9. The van der Waals surface area contributed by atoms with Crippen LogP contribution in [0.3, 0.4) is 0 Å². The number of hydrogen-bond acceptors (Lipinski definition) is 5. The third-order valence-electron chi connectivity index (χ3n) is 4.21. The van der Waals surface area contributed by atoms with Crippen molar-refractivity contribution >= 4 is 36.2 Å². The van der Waals surface area contributed by atoms with Crippen LogP contribution >= 0.6 is 36.2 Å². The van der Waals surface area contributed by atoms with Crippen molar-refractivity contribution in [1.82, 2.24) is 10.2 Å². The van der Waals surface area contributed by atoms with Crippen molar-refractivity contribution in [1.29, 1.82) is 0 Å². The molecule has 4 nitrogen and oxygen atoms in total. The third-order valence-corrected chi connectivity index (χ3v) is 5.14. The lowest BCUT2D eigenvalue weighted by molar-refractivity contribution is 0.169. The monoisotopic (exact) mass is 388 g/mol. The van der Waals surface area contributed by atoms with Crippen LogP contribution in [-0.4, -0.2) is 44.3 Å².